The molecule has 0 radical (unpaired) electrons. The largest absolute Gasteiger partial charge is 0.465 e. The van der Waals surface area contributed by atoms with Gasteiger partial charge in [-0.05, 0) is 58.9 Å². The lowest BCUT2D eigenvalue weighted by Gasteiger charge is -2.09. The molecule has 7 heteroatoms. The predicted molar refractivity (Wildman–Crippen MR) is 98.8 cm³/mol. The zero-order valence-corrected chi connectivity index (χ0v) is 16.0. The number of benzene rings is 1. The van der Waals surface area contributed by atoms with Gasteiger partial charge in [-0.1, -0.05) is 0 Å². The number of nitrogens with one attached hydrogen (secondary N) is 1. The lowest BCUT2D eigenvalue weighted by atomic mass is 10.1. The van der Waals surface area contributed by atoms with Gasteiger partial charge >= 0.3 is 11.9 Å². The molecule has 27 heavy (non-hydrogen) atoms. The predicted octanol–water partition coefficient (Wildman–Crippen LogP) is 3.57. The number of furan rings is 1. The van der Waals surface area contributed by atoms with E-state index in [9.17, 15) is 14.4 Å². The monoisotopic (exact) mass is 373 g/mol. The Kier molecular flexibility index (Phi) is 6.39. The van der Waals surface area contributed by atoms with Crippen molar-refractivity contribution in [1.82, 2.24) is 0 Å². The maximum atomic E-state index is 12.2. The van der Waals surface area contributed by atoms with Crippen LogP contribution in [0.4, 0.5) is 5.69 Å². The van der Waals surface area contributed by atoms with Gasteiger partial charge < -0.3 is 19.2 Å². The number of carbonyl (C=O) groups excluding carboxylic acids is 3. The molecule has 0 aliphatic heterocycles. The van der Waals surface area contributed by atoms with Crippen LogP contribution in [0.15, 0.2) is 28.7 Å². The highest BCUT2D eigenvalue weighted by Crippen LogP contribution is 2.21. The fraction of sp³-hybridized carbons (Fsp3) is 0.350. The Labute approximate surface area is 157 Å². The van der Waals surface area contributed by atoms with Crippen molar-refractivity contribution < 1.29 is 28.3 Å². The van der Waals surface area contributed by atoms with E-state index in [0.717, 1.165) is 0 Å². The van der Waals surface area contributed by atoms with Crippen molar-refractivity contribution in [3.8, 4) is 0 Å². The van der Waals surface area contributed by atoms with Gasteiger partial charge in [0, 0.05) is 11.3 Å². The SMILES string of the molecule is Cc1oc(C)c(C(=O)OCC(=O)Nc2ccc(C(=O)OC(C)C)cc2)c1C. The molecular formula is C20H23NO6. The zero-order valence-electron chi connectivity index (χ0n) is 16.0. The summed E-state index contributed by atoms with van der Waals surface area (Å²) in [4.78, 5) is 35.9. The molecular weight excluding hydrogens is 350 g/mol. The third-order valence-electron chi connectivity index (χ3n) is 3.85. The van der Waals surface area contributed by atoms with E-state index < -0.39 is 24.5 Å². The van der Waals surface area contributed by atoms with Crippen LogP contribution < -0.4 is 5.32 Å². The van der Waals surface area contributed by atoms with Crippen molar-refractivity contribution in [1.29, 1.82) is 0 Å². The molecule has 144 valence electrons. The van der Waals surface area contributed by atoms with E-state index in [-0.39, 0.29) is 6.10 Å². The first-order chi connectivity index (χ1) is 12.7. The molecule has 1 N–H and O–H groups in total. The van der Waals surface area contributed by atoms with Crippen LogP contribution in [0, 0.1) is 20.8 Å². The number of amides is 1. The van der Waals surface area contributed by atoms with Crippen LogP contribution in [-0.2, 0) is 14.3 Å². The van der Waals surface area contributed by atoms with Crippen molar-refractivity contribution in [2.45, 2.75) is 40.7 Å². The number of esters is 2. The van der Waals surface area contributed by atoms with Crippen LogP contribution in [0.25, 0.3) is 0 Å². The lowest BCUT2D eigenvalue weighted by Crippen LogP contribution is -2.21. The third-order valence-corrected chi connectivity index (χ3v) is 3.85. The number of aryl methyl sites for hydroxylation is 2. The molecule has 0 atom stereocenters. The van der Waals surface area contributed by atoms with Crippen molar-refractivity contribution in [2.75, 3.05) is 11.9 Å². The van der Waals surface area contributed by atoms with Crippen LogP contribution in [0.1, 0.15) is 51.6 Å². The van der Waals surface area contributed by atoms with E-state index in [4.69, 9.17) is 13.9 Å². The molecule has 1 aromatic heterocycles. The molecule has 0 spiro atoms. The maximum absolute atomic E-state index is 12.2. The van der Waals surface area contributed by atoms with Gasteiger partial charge in [-0.25, -0.2) is 9.59 Å². The van der Waals surface area contributed by atoms with Gasteiger partial charge in [0.2, 0.25) is 0 Å². The van der Waals surface area contributed by atoms with E-state index >= 15 is 0 Å². The molecule has 2 rings (SSSR count). The van der Waals surface area contributed by atoms with Crippen molar-refractivity contribution in [3.05, 3.63) is 52.5 Å². The minimum Gasteiger partial charge on any atom is -0.465 e. The van der Waals surface area contributed by atoms with Crippen molar-refractivity contribution >= 4 is 23.5 Å². The lowest BCUT2D eigenvalue weighted by molar-refractivity contribution is -0.119. The Morgan fingerprint density at radius 3 is 2.15 bits per heavy atom. The Hall–Kier alpha value is -3.09. The van der Waals surface area contributed by atoms with Gasteiger partial charge in [-0.15, -0.1) is 0 Å². The van der Waals surface area contributed by atoms with Gasteiger partial charge in [0.1, 0.15) is 17.1 Å². The molecule has 0 saturated heterocycles. The molecule has 0 fully saturated rings. The molecule has 0 aliphatic carbocycles. The summed E-state index contributed by atoms with van der Waals surface area (Å²) in [6.45, 7) is 8.28. The van der Waals surface area contributed by atoms with Gasteiger partial charge in [0.05, 0.1) is 11.7 Å². The van der Waals surface area contributed by atoms with Crippen LogP contribution >= 0.6 is 0 Å². The molecule has 2 aromatic rings. The molecule has 0 unspecified atom stereocenters. The van der Waals surface area contributed by atoms with Gasteiger partial charge in [-0.2, -0.15) is 0 Å². The molecule has 1 aromatic carbocycles. The summed E-state index contributed by atoms with van der Waals surface area (Å²) < 4.78 is 15.5. The van der Waals surface area contributed by atoms with Crippen molar-refractivity contribution in [3.63, 3.8) is 0 Å². The fourth-order valence-corrected chi connectivity index (χ4v) is 2.47. The van der Waals surface area contributed by atoms with Gasteiger partial charge in [-0.3, -0.25) is 4.79 Å². The topological polar surface area (TPSA) is 94.8 Å². The molecule has 0 aliphatic rings. The van der Waals surface area contributed by atoms with Gasteiger partial charge in [0.15, 0.2) is 6.61 Å². The number of anilines is 1. The Morgan fingerprint density at radius 1 is 1.00 bits per heavy atom. The second-order valence-electron chi connectivity index (χ2n) is 6.37. The summed E-state index contributed by atoms with van der Waals surface area (Å²) in [5, 5.41) is 2.60. The first-order valence-electron chi connectivity index (χ1n) is 8.53. The number of rotatable bonds is 6. The van der Waals surface area contributed by atoms with E-state index in [1.54, 1.807) is 58.9 Å². The average Bonchev–Trinajstić information content (AvgIpc) is 2.85. The van der Waals surface area contributed by atoms with Crippen LogP contribution in [0.5, 0.6) is 0 Å². The fourth-order valence-electron chi connectivity index (χ4n) is 2.47. The quantitative estimate of drug-likeness (QED) is 0.778. The summed E-state index contributed by atoms with van der Waals surface area (Å²) in [5.74, 6) is -0.433. The van der Waals surface area contributed by atoms with Crippen molar-refractivity contribution in [2.24, 2.45) is 0 Å². The Bertz CT molecular complexity index is 848. The Morgan fingerprint density at radius 2 is 1.63 bits per heavy atom. The minimum absolute atomic E-state index is 0.210. The summed E-state index contributed by atoms with van der Waals surface area (Å²) in [6.07, 6.45) is -0.210. The van der Waals surface area contributed by atoms with E-state index in [2.05, 4.69) is 5.32 Å². The Balaban J connectivity index is 1.90. The average molecular weight is 373 g/mol. The number of ether oxygens (including phenoxy) is 2. The van der Waals surface area contributed by atoms with E-state index in [0.29, 0.717) is 33.9 Å². The summed E-state index contributed by atoms with van der Waals surface area (Å²) in [6, 6.07) is 6.25. The first-order valence-corrected chi connectivity index (χ1v) is 8.53. The number of carbonyl (C=O) groups is 3. The summed E-state index contributed by atoms with van der Waals surface area (Å²) in [7, 11) is 0. The van der Waals surface area contributed by atoms with E-state index in [1.807, 2.05) is 0 Å². The van der Waals surface area contributed by atoms with E-state index in [1.165, 1.54) is 0 Å². The second kappa shape index (κ2) is 8.53. The van der Waals surface area contributed by atoms with Crippen LogP contribution in [0.3, 0.4) is 0 Å². The van der Waals surface area contributed by atoms with Crippen LogP contribution in [0.2, 0.25) is 0 Å². The smallest absolute Gasteiger partial charge is 0.342 e. The zero-order chi connectivity index (χ0) is 20.1. The minimum atomic E-state index is -0.608. The highest BCUT2D eigenvalue weighted by atomic mass is 16.5. The normalized spacial score (nSPS) is 10.6. The van der Waals surface area contributed by atoms with Crippen LogP contribution in [-0.4, -0.2) is 30.6 Å². The summed E-state index contributed by atoms with van der Waals surface area (Å²) >= 11 is 0. The highest BCUT2D eigenvalue weighted by molar-refractivity contribution is 5.97. The first kappa shape index (κ1) is 20.2. The third kappa shape index (κ3) is 5.20. The molecule has 1 amide bonds. The summed E-state index contributed by atoms with van der Waals surface area (Å²) in [5.41, 5.74) is 1.90. The van der Waals surface area contributed by atoms with Gasteiger partial charge in [0.25, 0.3) is 5.91 Å². The standard InChI is InChI=1S/C20H23NO6/c1-11(2)26-19(23)15-6-8-16(9-7-15)21-17(22)10-25-20(24)18-12(3)13(4)27-14(18)5/h6-9,11H,10H2,1-5H3,(H,21,22). The maximum Gasteiger partial charge on any atom is 0.342 e. The highest BCUT2D eigenvalue weighted by Gasteiger charge is 2.20. The molecule has 1 heterocycles. The molecule has 0 bridgehead atoms. The number of hydrogen-bond donors (Lipinski definition) is 1. The number of hydrogen-bond acceptors (Lipinski definition) is 6. The molecule has 0 saturated carbocycles. The molecule has 7 nitrogen and oxygen atoms in total. The second-order valence-corrected chi connectivity index (χ2v) is 6.37.